The highest BCUT2D eigenvalue weighted by atomic mass is 16.5. The summed E-state index contributed by atoms with van der Waals surface area (Å²) in [7, 11) is 0. The van der Waals surface area contributed by atoms with Crippen LogP contribution >= 0.6 is 0 Å². The van der Waals surface area contributed by atoms with Crippen molar-refractivity contribution >= 4 is 16.9 Å². The van der Waals surface area contributed by atoms with Gasteiger partial charge in [0.2, 0.25) is 0 Å². The van der Waals surface area contributed by atoms with E-state index < -0.39 is 0 Å². The van der Waals surface area contributed by atoms with Crippen molar-refractivity contribution in [2.45, 2.75) is 13.7 Å². The van der Waals surface area contributed by atoms with Gasteiger partial charge < -0.3 is 9.30 Å². The SMILES string of the molecule is CC(=O)OCn1c[c]c2ccccc21. The summed E-state index contributed by atoms with van der Waals surface area (Å²) in [6.07, 6.45) is 1.79. The van der Waals surface area contributed by atoms with Crippen LogP contribution in [0.15, 0.2) is 30.5 Å². The highest BCUT2D eigenvalue weighted by molar-refractivity contribution is 5.79. The summed E-state index contributed by atoms with van der Waals surface area (Å²) in [4.78, 5) is 10.6. The van der Waals surface area contributed by atoms with Gasteiger partial charge in [0.1, 0.15) is 0 Å². The third-order valence-corrected chi connectivity index (χ3v) is 2.00. The number of aromatic nitrogens is 1. The topological polar surface area (TPSA) is 31.2 Å². The van der Waals surface area contributed by atoms with Gasteiger partial charge in [-0.2, -0.15) is 0 Å². The lowest BCUT2D eigenvalue weighted by molar-refractivity contribution is -0.144. The number of fused-ring (bicyclic) bond motifs is 1. The molecule has 1 radical (unpaired) electrons. The van der Waals surface area contributed by atoms with E-state index in [4.69, 9.17) is 4.74 Å². The fraction of sp³-hybridized carbons (Fsp3) is 0.182. The van der Waals surface area contributed by atoms with Gasteiger partial charge in [0.05, 0.1) is 5.52 Å². The summed E-state index contributed by atoms with van der Waals surface area (Å²) in [5.74, 6) is -0.275. The Hall–Kier alpha value is -1.77. The van der Waals surface area contributed by atoms with Gasteiger partial charge in [0.25, 0.3) is 0 Å². The van der Waals surface area contributed by atoms with E-state index in [1.807, 2.05) is 28.8 Å². The molecule has 3 nitrogen and oxygen atoms in total. The van der Waals surface area contributed by atoms with Crippen molar-refractivity contribution in [1.82, 2.24) is 4.57 Å². The Kier molecular flexibility index (Phi) is 2.23. The lowest BCUT2D eigenvalue weighted by atomic mass is 10.2. The van der Waals surface area contributed by atoms with E-state index in [0.717, 1.165) is 10.9 Å². The van der Waals surface area contributed by atoms with E-state index in [9.17, 15) is 4.79 Å². The molecule has 0 N–H and O–H groups in total. The maximum absolute atomic E-state index is 10.6. The Labute approximate surface area is 81.9 Å². The van der Waals surface area contributed by atoms with E-state index in [0.29, 0.717) is 0 Å². The fourth-order valence-corrected chi connectivity index (χ4v) is 1.33. The first-order valence-corrected chi connectivity index (χ1v) is 4.36. The maximum Gasteiger partial charge on any atom is 0.304 e. The first kappa shape index (κ1) is 8.81. The van der Waals surface area contributed by atoms with Gasteiger partial charge in [0.15, 0.2) is 6.73 Å². The Balaban J connectivity index is 2.29. The molecule has 0 saturated heterocycles. The Morgan fingerprint density at radius 1 is 1.50 bits per heavy atom. The van der Waals surface area contributed by atoms with E-state index >= 15 is 0 Å². The first-order chi connectivity index (χ1) is 6.77. The van der Waals surface area contributed by atoms with Gasteiger partial charge in [0, 0.05) is 24.6 Å². The molecule has 14 heavy (non-hydrogen) atoms. The average molecular weight is 188 g/mol. The molecule has 0 spiro atoms. The Morgan fingerprint density at radius 3 is 3.07 bits per heavy atom. The number of ether oxygens (including phenoxy) is 1. The predicted molar refractivity (Wildman–Crippen MR) is 52.5 cm³/mol. The Morgan fingerprint density at radius 2 is 2.29 bits per heavy atom. The molecule has 0 aliphatic heterocycles. The van der Waals surface area contributed by atoms with E-state index in [2.05, 4.69) is 6.07 Å². The second-order valence-corrected chi connectivity index (χ2v) is 3.03. The minimum atomic E-state index is -0.275. The third-order valence-electron chi connectivity index (χ3n) is 2.00. The molecular weight excluding hydrogens is 178 g/mol. The van der Waals surface area contributed by atoms with Crippen LogP contribution in [0.3, 0.4) is 0 Å². The van der Waals surface area contributed by atoms with Crippen molar-refractivity contribution in [2.24, 2.45) is 0 Å². The first-order valence-electron chi connectivity index (χ1n) is 4.36. The molecule has 0 atom stereocenters. The second-order valence-electron chi connectivity index (χ2n) is 3.03. The molecule has 0 saturated carbocycles. The second kappa shape index (κ2) is 3.54. The van der Waals surface area contributed by atoms with Crippen molar-refractivity contribution in [3.63, 3.8) is 0 Å². The summed E-state index contributed by atoms with van der Waals surface area (Å²) >= 11 is 0. The van der Waals surface area contributed by atoms with Crippen molar-refractivity contribution in [2.75, 3.05) is 0 Å². The molecule has 0 fully saturated rings. The minimum Gasteiger partial charge on any atom is -0.444 e. The molecule has 2 aromatic rings. The number of esters is 1. The summed E-state index contributed by atoms with van der Waals surface area (Å²) in [6.45, 7) is 1.65. The summed E-state index contributed by atoms with van der Waals surface area (Å²) < 4.78 is 6.74. The molecule has 0 aliphatic rings. The average Bonchev–Trinajstić information content (AvgIpc) is 2.58. The largest absolute Gasteiger partial charge is 0.444 e. The molecule has 3 heteroatoms. The van der Waals surface area contributed by atoms with Gasteiger partial charge >= 0.3 is 5.97 Å². The van der Waals surface area contributed by atoms with Gasteiger partial charge in [-0.25, -0.2) is 0 Å². The Bertz CT molecular complexity index is 459. The number of carbonyl (C=O) groups excluding carboxylic acids is 1. The number of nitrogens with zero attached hydrogens (tertiary/aromatic N) is 1. The summed E-state index contributed by atoms with van der Waals surface area (Å²) in [5, 5.41) is 1.03. The fourth-order valence-electron chi connectivity index (χ4n) is 1.33. The number of carbonyl (C=O) groups is 1. The van der Waals surface area contributed by atoms with Crippen LogP contribution < -0.4 is 0 Å². The quantitative estimate of drug-likeness (QED) is 0.674. The normalized spacial score (nSPS) is 10.4. The van der Waals surface area contributed by atoms with Gasteiger partial charge in [-0.15, -0.1) is 0 Å². The monoisotopic (exact) mass is 188 g/mol. The van der Waals surface area contributed by atoms with Crippen molar-refractivity contribution in [1.29, 1.82) is 0 Å². The zero-order valence-corrected chi connectivity index (χ0v) is 7.86. The van der Waals surface area contributed by atoms with Crippen molar-refractivity contribution < 1.29 is 9.53 Å². The summed E-state index contributed by atoms with van der Waals surface area (Å²) in [6, 6.07) is 10.9. The smallest absolute Gasteiger partial charge is 0.304 e. The molecular formula is C11H10NO2. The lowest BCUT2D eigenvalue weighted by Crippen LogP contribution is -2.04. The lowest BCUT2D eigenvalue weighted by Gasteiger charge is -2.04. The molecule has 2 rings (SSSR count). The highest BCUT2D eigenvalue weighted by Crippen LogP contribution is 2.14. The van der Waals surface area contributed by atoms with Crippen molar-refractivity contribution in [3.8, 4) is 0 Å². The molecule has 0 amide bonds. The molecule has 1 aromatic heterocycles. The highest BCUT2D eigenvalue weighted by Gasteiger charge is 2.00. The van der Waals surface area contributed by atoms with E-state index in [1.165, 1.54) is 6.92 Å². The molecule has 71 valence electrons. The van der Waals surface area contributed by atoms with Crippen LogP contribution in [0.25, 0.3) is 10.9 Å². The van der Waals surface area contributed by atoms with Crippen LogP contribution in [-0.4, -0.2) is 10.5 Å². The van der Waals surface area contributed by atoms with Crippen molar-refractivity contribution in [3.05, 3.63) is 36.5 Å². The van der Waals surface area contributed by atoms with Gasteiger partial charge in [-0.3, -0.25) is 4.79 Å². The maximum atomic E-state index is 10.6. The molecule has 1 aromatic carbocycles. The predicted octanol–water partition coefficient (Wildman–Crippen LogP) is 1.96. The number of benzene rings is 1. The van der Waals surface area contributed by atoms with Gasteiger partial charge in [-0.1, -0.05) is 18.2 Å². The van der Waals surface area contributed by atoms with Crippen LogP contribution in [0.2, 0.25) is 0 Å². The van der Waals surface area contributed by atoms with Crippen LogP contribution in [0.1, 0.15) is 6.92 Å². The number of para-hydroxylation sites is 1. The van der Waals surface area contributed by atoms with Crippen LogP contribution in [0, 0.1) is 6.07 Å². The molecule has 0 unspecified atom stereocenters. The van der Waals surface area contributed by atoms with Gasteiger partial charge in [-0.05, 0) is 6.07 Å². The number of hydrogen-bond donors (Lipinski definition) is 0. The third kappa shape index (κ3) is 1.62. The molecule has 1 heterocycles. The zero-order chi connectivity index (χ0) is 9.97. The summed E-state index contributed by atoms with van der Waals surface area (Å²) in [5.41, 5.74) is 1.02. The molecule has 0 aliphatic carbocycles. The van der Waals surface area contributed by atoms with E-state index in [-0.39, 0.29) is 12.7 Å². The number of hydrogen-bond acceptors (Lipinski definition) is 2. The van der Waals surface area contributed by atoms with E-state index in [1.54, 1.807) is 6.20 Å². The van der Waals surface area contributed by atoms with Crippen LogP contribution in [-0.2, 0) is 16.3 Å². The molecule has 0 bridgehead atoms. The standard InChI is InChI=1S/C11H10NO2/c1-9(13)14-8-12-7-6-10-4-2-3-5-11(10)12/h2-5,7H,8H2,1H3. The minimum absolute atomic E-state index is 0.249. The zero-order valence-electron chi connectivity index (χ0n) is 7.86. The van der Waals surface area contributed by atoms with Crippen LogP contribution in [0.4, 0.5) is 0 Å². The van der Waals surface area contributed by atoms with Crippen LogP contribution in [0.5, 0.6) is 0 Å². The number of rotatable bonds is 2.